The number of ether oxygens (including phenoxy) is 1. The molecule has 3 nitrogen and oxygen atoms in total. The third-order valence-electron chi connectivity index (χ3n) is 7.12. The van der Waals surface area contributed by atoms with Crippen LogP contribution in [0.4, 0.5) is 0 Å². The Morgan fingerprint density at radius 1 is 0.649 bits per heavy atom. The van der Waals surface area contributed by atoms with Gasteiger partial charge in [0.1, 0.15) is 5.75 Å². The van der Waals surface area contributed by atoms with E-state index in [1.54, 1.807) is 0 Å². The van der Waals surface area contributed by atoms with Crippen LogP contribution in [0.1, 0.15) is 97.5 Å². The summed E-state index contributed by atoms with van der Waals surface area (Å²) < 4.78 is 5.95. The molecule has 0 radical (unpaired) electrons. The topological polar surface area (TPSA) is 35.0 Å². The van der Waals surface area contributed by atoms with Crippen molar-refractivity contribution in [1.82, 2.24) is 9.97 Å². The van der Waals surface area contributed by atoms with Crippen molar-refractivity contribution in [1.29, 1.82) is 0 Å². The highest BCUT2D eigenvalue weighted by atomic mass is 16.5. The lowest BCUT2D eigenvalue weighted by atomic mass is 9.95. The van der Waals surface area contributed by atoms with Crippen molar-refractivity contribution in [3.63, 3.8) is 0 Å². The molecule has 0 spiro atoms. The maximum Gasteiger partial charge on any atom is 0.159 e. The smallest absolute Gasteiger partial charge is 0.159 e. The molecule has 0 amide bonds. The molecule has 0 aliphatic carbocycles. The molecule has 0 saturated carbocycles. The van der Waals surface area contributed by atoms with Crippen LogP contribution < -0.4 is 4.74 Å². The predicted octanol–water partition coefficient (Wildman–Crippen LogP) is 9.94. The number of unbranched alkanes of at least 4 members (excludes halogenated alkanes) is 6. The average Bonchev–Trinajstić information content (AvgIpc) is 2.91. The average molecular weight is 501 g/mol. The molecule has 3 rings (SSSR count). The van der Waals surface area contributed by atoms with E-state index in [-0.39, 0.29) is 0 Å². The van der Waals surface area contributed by atoms with Crippen LogP contribution in [0.5, 0.6) is 5.75 Å². The van der Waals surface area contributed by atoms with E-state index in [2.05, 4.69) is 86.2 Å². The van der Waals surface area contributed by atoms with Gasteiger partial charge >= 0.3 is 0 Å². The zero-order chi connectivity index (χ0) is 26.3. The molecule has 2 aromatic carbocycles. The molecule has 1 unspecified atom stereocenters. The van der Waals surface area contributed by atoms with Gasteiger partial charge in [-0.2, -0.15) is 0 Å². The summed E-state index contributed by atoms with van der Waals surface area (Å²) in [7, 11) is 0. The number of benzene rings is 2. The molecule has 0 saturated heterocycles. The summed E-state index contributed by atoms with van der Waals surface area (Å²) in [5.41, 5.74) is 4.66. The summed E-state index contributed by atoms with van der Waals surface area (Å²) in [5.74, 6) is 3.20. The van der Waals surface area contributed by atoms with Crippen molar-refractivity contribution >= 4 is 0 Å². The number of aromatic nitrogens is 2. The van der Waals surface area contributed by atoms with Crippen molar-refractivity contribution in [3.05, 3.63) is 66.5 Å². The van der Waals surface area contributed by atoms with Crippen molar-refractivity contribution in [2.24, 2.45) is 11.8 Å². The van der Waals surface area contributed by atoms with Gasteiger partial charge in [-0.05, 0) is 53.5 Å². The van der Waals surface area contributed by atoms with Crippen LogP contribution >= 0.6 is 0 Å². The largest absolute Gasteiger partial charge is 0.494 e. The molecule has 3 heteroatoms. The first-order valence-corrected chi connectivity index (χ1v) is 14.7. The lowest BCUT2D eigenvalue weighted by Gasteiger charge is -2.12. The third-order valence-corrected chi connectivity index (χ3v) is 7.12. The van der Waals surface area contributed by atoms with E-state index < -0.39 is 0 Å². The summed E-state index contributed by atoms with van der Waals surface area (Å²) in [6.45, 7) is 10.0. The van der Waals surface area contributed by atoms with E-state index in [0.717, 1.165) is 42.5 Å². The van der Waals surface area contributed by atoms with Gasteiger partial charge < -0.3 is 4.74 Å². The third kappa shape index (κ3) is 10.7. The van der Waals surface area contributed by atoms with E-state index in [0.29, 0.717) is 5.92 Å². The molecule has 1 atom stereocenters. The highest BCUT2D eigenvalue weighted by molar-refractivity contribution is 5.68. The van der Waals surface area contributed by atoms with Gasteiger partial charge in [-0.15, -0.1) is 0 Å². The zero-order valence-corrected chi connectivity index (χ0v) is 23.7. The second-order valence-electron chi connectivity index (χ2n) is 11.1. The number of hydrogen-bond acceptors (Lipinski definition) is 3. The molecule has 0 bridgehead atoms. The summed E-state index contributed by atoms with van der Waals surface area (Å²) in [6, 6.07) is 17.0. The second-order valence-corrected chi connectivity index (χ2v) is 11.1. The van der Waals surface area contributed by atoms with Gasteiger partial charge in [-0.25, -0.2) is 9.97 Å². The standard InChI is InChI=1S/C34H48N2O/c1-5-6-7-8-9-10-11-23-37-33-21-19-31(20-22-33)30-15-17-32(18-16-30)34-35-25-29(26-36-34)24-28(4)14-12-13-27(2)3/h15-22,25-28H,5-14,23-24H2,1-4H3. The zero-order valence-electron chi connectivity index (χ0n) is 23.7. The van der Waals surface area contributed by atoms with Crippen molar-refractivity contribution in [3.8, 4) is 28.3 Å². The Hall–Kier alpha value is -2.68. The number of nitrogens with zero attached hydrogens (tertiary/aromatic N) is 2. The molecule has 0 N–H and O–H groups in total. The monoisotopic (exact) mass is 500 g/mol. The Labute approximate surface area is 226 Å². The molecular formula is C34H48N2O. The highest BCUT2D eigenvalue weighted by Crippen LogP contribution is 2.25. The Morgan fingerprint density at radius 3 is 1.84 bits per heavy atom. The fourth-order valence-electron chi connectivity index (χ4n) is 4.79. The number of hydrogen-bond donors (Lipinski definition) is 0. The van der Waals surface area contributed by atoms with E-state index in [1.165, 1.54) is 74.5 Å². The minimum Gasteiger partial charge on any atom is -0.494 e. The van der Waals surface area contributed by atoms with Crippen LogP contribution in [0.15, 0.2) is 60.9 Å². The minimum absolute atomic E-state index is 0.671. The van der Waals surface area contributed by atoms with Gasteiger partial charge in [0, 0.05) is 18.0 Å². The van der Waals surface area contributed by atoms with Crippen LogP contribution in [0.25, 0.3) is 22.5 Å². The lowest BCUT2D eigenvalue weighted by Crippen LogP contribution is -2.02. The van der Waals surface area contributed by atoms with Crippen LogP contribution in [0.3, 0.4) is 0 Å². The van der Waals surface area contributed by atoms with E-state index >= 15 is 0 Å². The first-order chi connectivity index (χ1) is 18.0. The van der Waals surface area contributed by atoms with Crippen molar-refractivity contribution in [2.75, 3.05) is 6.61 Å². The first kappa shape index (κ1) is 28.9. The summed E-state index contributed by atoms with van der Waals surface area (Å²) in [4.78, 5) is 9.31. The van der Waals surface area contributed by atoms with Gasteiger partial charge in [0.05, 0.1) is 6.61 Å². The summed E-state index contributed by atoms with van der Waals surface area (Å²) >= 11 is 0. The van der Waals surface area contributed by atoms with Gasteiger partial charge in [-0.1, -0.05) is 122 Å². The van der Waals surface area contributed by atoms with Crippen LogP contribution in [0.2, 0.25) is 0 Å². The molecule has 1 heterocycles. The Kier molecular flexibility index (Phi) is 12.7. The number of rotatable bonds is 17. The van der Waals surface area contributed by atoms with Crippen molar-refractivity contribution < 1.29 is 4.74 Å². The van der Waals surface area contributed by atoms with Crippen LogP contribution in [-0.4, -0.2) is 16.6 Å². The van der Waals surface area contributed by atoms with Crippen molar-refractivity contribution in [2.45, 2.75) is 98.3 Å². The van der Waals surface area contributed by atoms with Gasteiger partial charge in [0.2, 0.25) is 0 Å². The Morgan fingerprint density at radius 2 is 1.22 bits per heavy atom. The van der Waals surface area contributed by atoms with Crippen LogP contribution in [-0.2, 0) is 6.42 Å². The Bertz CT molecular complexity index is 993. The molecular weight excluding hydrogens is 452 g/mol. The van der Waals surface area contributed by atoms with E-state index in [9.17, 15) is 0 Å². The SMILES string of the molecule is CCCCCCCCCOc1ccc(-c2ccc(-c3ncc(CC(C)CCCC(C)C)cn3)cc2)cc1. The molecule has 3 aromatic rings. The minimum atomic E-state index is 0.671. The molecule has 200 valence electrons. The Balaban J connectivity index is 1.44. The fraction of sp³-hybridized carbons (Fsp3) is 0.529. The maximum absolute atomic E-state index is 5.95. The van der Waals surface area contributed by atoms with Gasteiger partial charge in [-0.3, -0.25) is 0 Å². The van der Waals surface area contributed by atoms with E-state index in [4.69, 9.17) is 4.74 Å². The highest BCUT2D eigenvalue weighted by Gasteiger charge is 2.08. The molecule has 0 aliphatic rings. The van der Waals surface area contributed by atoms with E-state index in [1.807, 2.05) is 12.4 Å². The van der Waals surface area contributed by atoms with Gasteiger partial charge in [0.25, 0.3) is 0 Å². The second kappa shape index (κ2) is 16.2. The van der Waals surface area contributed by atoms with Crippen LogP contribution in [0, 0.1) is 11.8 Å². The maximum atomic E-state index is 5.95. The molecule has 37 heavy (non-hydrogen) atoms. The normalized spacial score (nSPS) is 12.1. The molecule has 0 fully saturated rings. The fourth-order valence-corrected chi connectivity index (χ4v) is 4.79. The summed E-state index contributed by atoms with van der Waals surface area (Å²) in [6.07, 6.45) is 18.1. The first-order valence-electron chi connectivity index (χ1n) is 14.7. The predicted molar refractivity (Wildman–Crippen MR) is 158 cm³/mol. The molecule has 1 aromatic heterocycles. The lowest BCUT2D eigenvalue weighted by molar-refractivity contribution is 0.304. The van der Waals surface area contributed by atoms with Gasteiger partial charge in [0.15, 0.2) is 5.82 Å². The quantitative estimate of drug-likeness (QED) is 0.173. The summed E-state index contributed by atoms with van der Waals surface area (Å²) in [5, 5.41) is 0. The molecule has 0 aliphatic heterocycles.